The second-order valence-electron chi connectivity index (χ2n) is 4.26. The zero-order chi connectivity index (χ0) is 14.5. The summed E-state index contributed by atoms with van der Waals surface area (Å²) in [6, 6.07) is 8.99. The Morgan fingerprint density at radius 3 is 2.85 bits per heavy atom. The van der Waals surface area contributed by atoms with Crippen LogP contribution in [0.25, 0.3) is 11.3 Å². The Kier molecular flexibility index (Phi) is 4.76. The summed E-state index contributed by atoms with van der Waals surface area (Å²) in [6.07, 6.45) is 0. The van der Waals surface area contributed by atoms with Gasteiger partial charge in [-0.3, -0.25) is 9.89 Å². The zero-order valence-electron chi connectivity index (χ0n) is 11.1. The van der Waals surface area contributed by atoms with E-state index < -0.39 is 0 Å². The van der Waals surface area contributed by atoms with Crippen molar-refractivity contribution in [3.05, 3.63) is 41.0 Å². The minimum atomic E-state index is -0.188. The summed E-state index contributed by atoms with van der Waals surface area (Å²) in [7, 11) is 0. The van der Waals surface area contributed by atoms with Gasteiger partial charge in [-0.15, -0.1) is 0 Å². The Labute approximate surface area is 122 Å². The maximum absolute atomic E-state index is 12.2. The average Bonchev–Trinajstić information content (AvgIpc) is 2.94. The molecular weight excluding hydrogens is 278 g/mol. The third-order valence-electron chi connectivity index (χ3n) is 3.00. The van der Waals surface area contributed by atoms with Crippen LogP contribution in [0, 0.1) is 0 Å². The zero-order valence-corrected chi connectivity index (χ0v) is 11.9. The second kappa shape index (κ2) is 6.54. The first-order valence-electron chi connectivity index (χ1n) is 6.37. The van der Waals surface area contributed by atoms with E-state index in [2.05, 4.69) is 10.2 Å². The van der Waals surface area contributed by atoms with Gasteiger partial charge >= 0.3 is 0 Å². The SMILES string of the molecule is CCN(CCO)C(=O)c1cc(-c2ccccc2Cl)n[nH]1. The number of likely N-dealkylation sites (N-methyl/N-ethyl adjacent to an activating group) is 1. The van der Waals surface area contributed by atoms with E-state index in [1.165, 1.54) is 0 Å². The van der Waals surface area contributed by atoms with E-state index in [0.29, 0.717) is 29.5 Å². The van der Waals surface area contributed by atoms with E-state index in [-0.39, 0.29) is 12.5 Å². The molecule has 2 N–H and O–H groups in total. The summed E-state index contributed by atoms with van der Waals surface area (Å²) in [6.45, 7) is 2.62. The van der Waals surface area contributed by atoms with Crippen molar-refractivity contribution in [2.75, 3.05) is 19.7 Å². The van der Waals surface area contributed by atoms with Gasteiger partial charge in [-0.05, 0) is 19.1 Å². The molecule has 0 bridgehead atoms. The number of amides is 1. The lowest BCUT2D eigenvalue weighted by molar-refractivity contribution is 0.0726. The average molecular weight is 294 g/mol. The number of aliphatic hydroxyl groups is 1. The number of hydrogen-bond donors (Lipinski definition) is 2. The predicted octanol–water partition coefficient (Wildman–Crippen LogP) is 2.18. The van der Waals surface area contributed by atoms with Crippen molar-refractivity contribution in [3.63, 3.8) is 0 Å². The molecular formula is C14H16ClN3O2. The summed E-state index contributed by atoms with van der Waals surface area (Å²) >= 11 is 6.10. The standard InChI is InChI=1S/C14H16ClN3O2/c1-2-18(7-8-19)14(20)13-9-12(16-17-13)10-5-3-4-6-11(10)15/h3-6,9,19H,2,7-8H2,1H3,(H,16,17). The molecule has 0 fully saturated rings. The van der Waals surface area contributed by atoms with Crippen LogP contribution >= 0.6 is 11.6 Å². The van der Waals surface area contributed by atoms with Gasteiger partial charge in [0.1, 0.15) is 5.69 Å². The van der Waals surface area contributed by atoms with Crippen molar-refractivity contribution in [1.29, 1.82) is 0 Å². The van der Waals surface area contributed by atoms with E-state index in [1.807, 2.05) is 25.1 Å². The number of carbonyl (C=O) groups is 1. The van der Waals surface area contributed by atoms with Crippen molar-refractivity contribution in [2.45, 2.75) is 6.92 Å². The molecule has 0 aliphatic rings. The number of nitrogens with one attached hydrogen (secondary N) is 1. The fourth-order valence-electron chi connectivity index (χ4n) is 1.93. The van der Waals surface area contributed by atoms with Gasteiger partial charge in [0, 0.05) is 18.7 Å². The highest BCUT2D eigenvalue weighted by atomic mass is 35.5. The third-order valence-corrected chi connectivity index (χ3v) is 3.33. The number of halogens is 1. The number of H-pyrrole nitrogens is 1. The molecule has 5 nitrogen and oxygen atoms in total. The third kappa shape index (κ3) is 3.00. The lowest BCUT2D eigenvalue weighted by Gasteiger charge is -2.18. The van der Waals surface area contributed by atoms with Gasteiger partial charge in [0.25, 0.3) is 5.91 Å². The Hall–Kier alpha value is -1.85. The Morgan fingerprint density at radius 1 is 1.45 bits per heavy atom. The quantitative estimate of drug-likeness (QED) is 0.888. The van der Waals surface area contributed by atoms with E-state index in [4.69, 9.17) is 16.7 Å². The molecule has 2 aromatic rings. The molecule has 0 radical (unpaired) electrons. The van der Waals surface area contributed by atoms with E-state index in [0.717, 1.165) is 5.56 Å². The minimum Gasteiger partial charge on any atom is -0.395 e. The number of hydrogen-bond acceptors (Lipinski definition) is 3. The van der Waals surface area contributed by atoms with Crippen LogP contribution < -0.4 is 0 Å². The van der Waals surface area contributed by atoms with Crippen LogP contribution in [0.1, 0.15) is 17.4 Å². The molecule has 1 aromatic carbocycles. The fraction of sp³-hybridized carbons (Fsp3) is 0.286. The Balaban J connectivity index is 2.25. The van der Waals surface area contributed by atoms with Gasteiger partial charge in [0.05, 0.1) is 17.3 Å². The van der Waals surface area contributed by atoms with Crippen LogP contribution in [0.2, 0.25) is 5.02 Å². The molecule has 0 saturated heterocycles. The molecule has 0 aliphatic heterocycles. The number of aliphatic hydroxyl groups excluding tert-OH is 1. The van der Waals surface area contributed by atoms with Gasteiger partial charge in [0.2, 0.25) is 0 Å². The molecule has 20 heavy (non-hydrogen) atoms. The van der Waals surface area contributed by atoms with Gasteiger partial charge in [0.15, 0.2) is 0 Å². The molecule has 0 unspecified atom stereocenters. The summed E-state index contributed by atoms with van der Waals surface area (Å²) in [5, 5.41) is 16.4. The number of aromatic nitrogens is 2. The van der Waals surface area contributed by atoms with Gasteiger partial charge in [-0.25, -0.2) is 0 Å². The van der Waals surface area contributed by atoms with E-state index >= 15 is 0 Å². The van der Waals surface area contributed by atoms with Crippen LogP contribution in [0.3, 0.4) is 0 Å². The van der Waals surface area contributed by atoms with Crippen LogP contribution in [0.15, 0.2) is 30.3 Å². The first kappa shape index (κ1) is 14.6. The molecule has 1 heterocycles. The van der Waals surface area contributed by atoms with Crippen LogP contribution in [0.5, 0.6) is 0 Å². The Morgan fingerprint density at radius 2 is 2.20 bits per heavy atom. The first-order chi connectivity index (χ1) is 9.67. The lowest BCUT2D eigenvalue weighted by atomic mass is 10.1. The smallest absolute Gasteiger partial charge is 0.271 e. The van der Waals surface area contributed by atoms with Crippen LogP contribution in [-0.2, 0) is 0 Å². The molecule has 2 rings (SSSR count). The number of rotatable bonds is 5. The van der Waals surface area contributed by atoms with Crippen LogP contribution in [0.4, 0.5) is 0 Å². The molecule has 6 heteroatoms. The maximum Gasteiger partial charge on any atom is 0.271 e. The van der Waals surface area contributed by atoms with Crippen molar-refractivity contribution in [1.82, 2.24) is 15.1 Å². The van der Waals surface area contributed by atoms with Gasteiger partial charge < -0.3 is 10.0 Å². The van der Waals surface area contributed by atoms with E-state index in [1.54, 1.807) is 17.0 Å². The largest absolute Gasteiger partial charge is 0.395 e. The van der Waals surface area contributed by atoms with Gasteiger partial charge in [-0.1, -0.05) is 29.8 Å². The molecule has 1 aromatic heterocycles. The molecule has 0 aliphatic carbocycles. The highest BCUT2D eigenvalue weighted by molar-refractivity contribution is 6.33. The van der Waals surface area contributed by atoms with Gasteiger partial charge in [-0.2, -0.15) is 5.10 Å². The summed E-state index contributed by atoms with van der Waals surface area (Å²) in [5.74, 6) is -0.188. The van der Waals surface area contributed by atoms with Crippen molar-refractivity contribution in [2.24, 2.45) is 0 Å². The number of benzene rings is 1. The summed E-state index contributed by atoms with van der Waals surface area (Å²) in [5.41, 5.74) is 1.78. The van der Waals surface area contributed by atoms with Crippen LogP contribution in [-0.4, -0.2) is 45.8 Å². The highest BCUT2D eigenvalue weighted by Crippen LogP contribution is 2.26. The number of aromatic amines is 1. The highest BCUT2D eigenvalue weighted by Gasteiger charge is 2.17. The lowest BCUT2D eigenvalue weighted by Crippen LogP contribution is -2.33. The van der Waals surface area contributed by atoms with E-state index in [9.17, 15) is 4.79 Å². The molecule has 0 spiro atoms. The second-order valence-corrected chi connectivity index (χ2v) is 4.66. The van der Waals surface area contributed by atoms with Crippen molar-refractivity contribution < 1.29 is 9.90 Å². The minimum absolute atomic E-state index is 0.0644. The summed E-state index contributed by atoms with van der Waals surface area (Å²) in [4.78, 5) is 13.8. The van der Waals surface area contributed by atoms with Crippen molar-refractivity contribution >= 4 is 17.5 Å². The van der Waals surface area contributed by atoms with Crippen molar-refractivity contribution in [3.8, 4) is 11.3 Å². The Bertz CT molecular complexity index is 598. The maximum atomic E-state index is 12.2. The summed E-state index contributed by atoms with van der Waals surface area (Å²) < 4.78 is 0. The monoisotopic (exact) mass is 293 g/mol. The normalized spacial score (nSPS) is 10.6. The number of nitrogens with zero attached hydrogens (tertiary/aromatic N) is 2. The predicted molar refractivity (Wildman–Crippen MR) is 77.7 cm³/mol. The molecule has 0 saturated carbocycles. The molecule has 0 atom stereocenters. The molecule has 106 valence electrons. The fourth-order valence-corrected chi connectivity index (χ4v) is 2.17. The molecule has 1 amide bonds. The first-order valence-corrected chi connectivity index (χ1v) is 6.75. The number of carbonyl (C=O) groups excluding carboxylic acids is 1. The topological polar surface area (TPSA) is 69.2 Å².